The van der Waals surface area contributed by atoms with E-state index in [9.17, 15) is 13.5 Å². The summed E-state index contributed by atoms with van der Waals surface area (Å²) in [5, 5.41) is 10.2. The lowest BCUT2D eigenvalue weighted by Gasteiger charge is -2.14. The van der Waals surface area contributed by atoms with E-state index in [0.29, 0.717) is 5.56 Å². The van der Waals surface area contributed by atoms with Crippen molar-refractivity contribution in [1.29, 1.82) is 0 Å². The number of hydrogen-bond acceptors (Lipinski definition) is 4. The summed E-state index contributed by atoms with van der Waals surface area (Å²) in [7, 11) is -3.74. The second kappa shape index (κ2) is 7.25. The first-order valence-corrected chi connectivity index (χ1v) is 9.10. The quantitative estimate of drug-likeness (QED) is 0.811. The van der Waals surface area contributed by atoms with E-state index in [1.165, 1.54) is 12.5 Å². The molecule has 0 radical (unpaired) electrons. The number of sulfonamides is 1. The fourth-order valence-corrected chi connectivity index (χ4v) is 3.21. The Balaban J connectivity index is 2.07. The van der Waals surface area contributed by atoms with Crippen molar-refractivity contribution in [2.75, 3.05) is 6.54 Å². The Morgan fingerprint density at radius 3 is 2.70 bits per heavy atom. The van der Waals surface area contributed by atoms with Crippen molar-refractivity contribution in [2.24, 2.45) is 0 Å². The molecule has 0 fully saturated rings. The largest absolute Gasteiger partial charge is 0.387 e. The Kier molecular flexibility index (Phi) is 5.56. The van der Waals surface area contributed by atoms with Gasteiger partial charge in [-0.15, -0.1) is 0 Å². The number of aromatic nitrogens is 2. The summed E-state index contributed by atoms with van der Waals surface area (Å²) in [6, 6.07) is 7.53. The minimum absolute atomic E-state index is 0.0326. The average molecular weight is 337 g/mol. The molecule has 126 valence electrons. The van der Waals surface area contributed by atoms with E-state index in [1.807, 2.05) is 39.0 Å². The highest BCUT2D eigenvalue weighted by atomic mass is 32.2. The van der Waals surface area contributed by atoms with E-state index < -0.39 is 16.1 Å². The second-order valence-corrected chi connectivity index (χ2v) is 7.35. The number of hydrogen-bond donors (Lipinski definition) is 2. The van der Waals surface area contributed by atoms with Gasteiger partial charge in [-0.1, -0.05) is 31.2 Å². The van der Waals surface area contributed by atoms with Crippen LogP contribution >= 0.6 is 0 Å². The van der Waals surface area contributed by atoms with Crippen molar-refractivity contribution in [3.8, 4) is 0 Å². The molecule has 1 aromatic carbocycles. The monoisotopic (exact) mass is 337 g/mol. The zero-order valence-corrected chi connectivity index (χ0v) is 14.4. The van der Waals surface area contributed by atoms with Crippen LogP contribution in [0.15, 0.2) is 41.8 Å². The Morgan fingerprint density at radius 2 is 2.04 bits per heavy atom. The first-order valence-electron chi connectivity index (χ1n) is 7.62. The Morgan fingerprint density at radius 1 is 1.35 bits per heavy atom. The lowest BCUT2D eigenvalue weighted by Crippen LogP contribution is -2.29. The van der Waals surface area contributed by atoms with Crippen LogP contribution in [0.4, 0.5) is 0 Å². The van der Waals surface area contributed by atoms with Crippen molar-refractivity contribution in [2.45, 2.75) is 44.4 Å². The van der Waals surface area contributed by atoms with Crippen LogP contribution in [0.2, 0.25) is 0 Å². The van der Waals surface area contributed by atoms with Crippen LogP contribution in [0.1, 0.15) is 43.5 Å². The third-order valence-corrected chi connectivity index (χ3v) is 5.28. The summed E-state index contributed by atoms with van der Waals surface area (Å²) in [6.45, 7) is 5.80. The van der Waals surface area contributed by atoms with Gasteiger partial charge in [-0.2, -0.15) is 0 Å². The van der Waals surface area contributed by atoms with E-state index in [-0.39, 0.29) is 17.6 Å². The number of aliphatic hydroxyl groups excluding tert-OH is 1. The van der Waals surface area contributed by atoms with E-state index >= 15 is 0 Å². The number of imidazole rings is 1. The number of nitrogens with zero attached hydrogens (tertiary/aromatic N) is 2. The smallest absolute Gasteiger partial charge is 0.259 e. The molecule has 23 heavy (non-hydrogen) atoms. The molecule has 0 saturated carbocycles. The molecule has 0 saturated heterocycles. The van der Waals surface area contributed by atoms with Gasteiger partial charge < -0.3 is 9.67 Å². The van der Waals surface area contributed by atoms with Crippen LogP contribution in [0.25, 0.3) is 0 Å². The van der Waals surface area contributed by atoms with Gasteiger partial charge in [0.2, 0.25) is 0 Å². The average Bonchev–Trinajstić information content (AvgIpc) is 3.03. The minimum atomic E-state index is -3.74. The third-order valence-electron chi connectivity index (χ3n) is 3.97. The molecule has 0 spiro atoms. The lowest BCUT2D eigenvalue weighted by molar-refractivity contribution is 0.181. The maximum absolute atomic E-state index is 12.3. The standard InChI is InChI=1S/C16H23N3O3S/c1-4-13(3)19-10-16(17-11-19)23(21,22)18-9-15(20)14-8-6-5-7-12(14)2/h5-8,10-11,13,15,18,20H,4,9H2,1-3H3/t13-,15-/m0/s1. The van der Waals surface area contributed by atoms with Crippen molar-refractivity contribution < 1.29 is 13.5 Å². The van der Waals surface area contributed by atoms with Gasteiger partial charge in [-0.05, 0) is 31.4 Å². The molecule has 0 aliphatic heterocycles. The summed E-state index contributed by atoms with van der Waals surface area (Å²) >= 11 is 0. The number of rotatable bonds is 7. The van der Waals surface area contributed by atoms with Crippen LogP contribution in [-0.4, -0.2) is 29.6 Å². The third kappa shape index (κ3) is 4.19. The molecule has 2 aromatic rings. The van der Waals surface area contributed by atoms with E-state index in [4.69, 9.17) is 0 Å². The van der Waals surface area contributed by atoms with Crippen molar-refractivity contribution >= 4 is 10.0 Å². The molecule has 0 unspecified atom stereocenters. The maximum Gasteiger partial charge on any atom is 0.259 e. The Bertz CT molecular complexity index is 755. The van der Waals surface area contributed by atoms with E-state index in [2.05, 4.69) is 9.71 Å². The van der Waals surface area contributed by atoms with Crippen LogP contribution < -0.4 is 4.72 Å². The summed E-state index contributed by atoms with van der Waals surface area (Å²) in [5.41, 5.74) is 1.63. The van der Waals surface area contributed by atoms with Gasteiger partial charge in [0.05, 0.1) is 12.4 Å². The lowest BCUT2D eigenvalue weighted by atomic mass is 10.0. The Hall–Kier alpha value is -1.70. The molecule has 0 aliphatic carbocycles. The van der Waals surface area contributed by atoms with Crippen molar-refractivity contribution in [1.82, 2.24) is 14.3 Å². The van der Waals surface area contributed by atoms with Gasteiger partial charge in [0, 0.05) is 18.8 Å². The van der Waals surface area contributed by atoms with Crippen LogP contribution in [-0.2, 0) is 10.0 Å². The number of aryl methyl sites for hydroxylation is 1. The molecule has 7 heteroatoms. The molecule has 0 bridgehead atoms. The molecule has 2 atom stereocenters. The van der Waals surface area contributed by atoms with Crippen molar-refractivity contribution in [3.05, 3.63) is 47.9 Å². The first-order chi connectivity index (χ1) is 10.8. The summed E-state index contributed by atoms with van der Waals surface area (Å²) < 4.78 is 28.7. The zero-order valence-electron chi connectivity index (χ0n) is 13.6. The van der Waals surface area contributed by atoms with Gasteiger partial charge in [0.15, 0.2) is 5.03 Å². The highest BCUT2D eigenvalue weighted by Crippen LogP contribution is 2.18. The summed E-state index contributed by atoms with van der Waals surface area (Å²) in [4.78, 5) is 3.96. The molecule has 6 nitrogen and oxygen atoms in total. The van der Waals surface area contributed by atoms with Gasteiger partial charge >= 0.3 is 0 Å². The van der Waals surface area contributed by atoms with Crippen LogP contribution in [0.5, 0.6) is 0 Å². The Labute approximate surface area is 137 Å². The number of nitrogens with one attached hydrogen (secondary N) is 1. The maximum atomic E-state index is 12.3. The predicted octanol–water partition coefficient (Wildman–Crippen LogP) is 2.17. The number of benzene rings is 1. The SMILES string of the molecule is CC[C@H](C)n1cnc(S(=O)(=O)NC[C@H](O)c2ccccc2C)c1. The normalized spacial score (nSPS) is 14.6. The molecule has 0 aliphatic rings. The van der Waals surface area contributed by atoms with E-state index in [1.54, 1.807) is 10.6 Å². The predicted molar refractivity (Wildman–Crippen MR) is 88.6 cm³/mol. The molecular weight excluding hydrogens is 314 g/mol. The van der Waals surface area contributed by atoms with Gasteiger partial charge in [0.25, 0.3) is 10.0 Å². The van der Waals surface area contributed by atoms with E-state index in [0.717, 1.165) is 12.0 Å². The molecular formula is C16H23N3O3S. The molecule has 1 heterocycles. The molecule has 2 rings (SSSR count). The molecule has 1 aromatic heterocycles. The van der Waals surface area contributed by atoms with Crippen molar-refractivity contribution in [3.63, 3.8) is 0 Å². The first kappa shape index (κ1) is 17.7. The zero-order chi connectivity index (χ0) is 17.0. The fourth-order valence-electron chi connectivity index (χ4n) is 2.24. The summed E-state index contributed by atoms with van der Waals surface area (Å²) in [6.07, 6.45) is 3.01. The highest BCUT2D eigenvalue weighted by molar-refractivity contribution is 7.89. The van der Waals surface area contributed by atoms with Gasteiger partial charge in [-0.25, -0.2) is 18.1 Å². The second-order valence-electron chi connectivity index (χ2n) is 5.64. The molecule has 0 amide bonds. The fraction of sp³-hybridized carbons (Fsp3) is 0.438. The van der Waals surface area contributed by atoms with Gasteiger partial charge in [-0.3, -0.25) is 0 Å². The number of aliphatic hydroxyl groups is 1. The van der Waals surface area contributed by atoms with Crippen LogP contribution in [0.3, 0.4) is 0 Å². The summed E-state index contributed by atoms with van der Waals surface area (Å²) in [5.74, 6) is 0. The minimum Gasteiger partial charge on any atom is -0.387 e. The van der Waals surface area contributed by atoms with Gasteiger partial charge in [0.1, 0.15) is 0 Å². The molecule has 2 N–H and O–H groups in total. The highest BCUT2D eigenvalue weighted by Gasteiger charge is 2.20. The topological polar surface area (TPSA) is 84.2 Å². The van der Waals surface area contributed by atoms with Crippen LogP contribution in [0, 0.1) is 6.92 Å².